The lowest BCUT2D eigenvalue weighted by Crippen LogP contribution is -2.37. The molecule has 132 valence electrons. The van der Waals surface area contributed by atoms with Gasteiger partial charge in [-0.15, -0.1) is 0 Å². The minimum absolute atomic E-state index is 0.114. The van der Waals surface area contributed by atoms with E-state index in [2.05, 4.69) is 5.32 Å². The van der Waals surface area contributed by atoms with E-state index in [0.29, 0.717) is 5.69 Å². The average molecular weight is 369 g/mol. The minimum atomic E-state index is -0.588. The Kier molecular flexibility index (Phi) is 6.30. The van der Waals surface area contributed by atoms with Gasteiger partial charge in [-0.1, -0.05) is 11.6 Å². The Labute approximate surface area is 148 Å². The molecule has 0 aliphatic heterocycles. The molecule has 0 saturated carbocycles. The molecule has 2 aromatic rings. The van der Waals surface area contributed by atoms with Crippen molar-refractivity contribution >= 4 is 29.1 Å². The number of carbonyl (C=O) groups is 2. The van der Waals surface area contributed by atoms with Crippen LogP contribution >= 0.6 is 11.6 Å². The zero-order chi connectivity index (χ0) is 18.4. The van der Waals surface area contributed by atoms with Crippen molar-refractivity contribution in [3.63, 3.8) is 0 Å². The van der Waals surface area contributed by atoms with E-state index in [9.17, 15) is 18.4 Å². The van der Waals surface area contributed by atoms with E-state index in [1.807, 2.05) is 0 Å². The Balaban J connectivity index is 1.81. The van der Waals surface area contributed by atoms with Gasteiger partial charge in [-0.2, -0.15) is 0 Å². The molecule has 0 heterocycles. The minimum Gasteiger partial charge on any atom is -0.484 e. The maximum atomic E-state index is 13.0. The fourth-order valence-corrected chi connectivity index (χ4v) is 2.03. The van der Waals surface area contributed by atoms with Crippen LogP contribution in [0.2, 0.25) is 5.02 Å². The Bertz CT molecular complexity index is 769. The van der Waals surface area contributed by atoms with Gasteiger partial charge in [0.05, 0.1) is 11.6 Å². The van der Waals surface area contributed by atoms with Gasteiger partial charge in [0.1, 0.15) is 17.4 Å². The molecule has 0 fully saturated rings. The van der Waals surface area contributed by atoms with E-state index in [4.69, 9.17) is 16.3 Å². The second-order valence-electron chi connectivity index (χ2n) is 5.17. The third-order valence-corrected chi connectivity index (χ3v) is 3.48. The van der Waals surface area contributed by atoms with Crippen LogP contribution in [0.1, 0.15) is 0 Å². The number of benzene rings is 2. The van der Waals surface area contributed by atoms with E-state index in [-0.39, 0.29) is 23.9 Å². The molecule has 2 amide bonds. The molecular weight excluding hydrogens is 354 g/mol. The molecule has 2 rings (SSSR count). The van der Waals surface area contributed by atoms with Crippen LogP contribution in [-0.2, 0) is 9.59 Å². The van der Waals surface area contributed by atoms with Crippen molar-refractivity contribution in [2.45, 2.75) is 0 Å². The largest absolute Gasteiger partial charge is 0.484 e. The van der Waals surface area contributed by atoms with Crippen molar-refractivity contribution in [2.75, 3.05) is 25.5 Å². The summed E-state index contributed by atoms with van der Waals surface area (Å²) in [4.78, 5) is 25.0. The maximum absolute atomic E-state index is 13.0. The molecule has 8 heteroatoms. The van der Waals surface area contributed by atoms with Gasteiger partial charge in [0.2, 0.25) is 5.91 Å². The highest BCUT2D eigenvalue weighted by Gasteiger charge is 2.14. The normalized spacial score (nSPS) is 10.2. The summed E-state index contributed by atoms with van der Waals surface area (Å²) in [6, 6.07) is 8.98. The smallest absolute Gasteiger partial charge is 0.260 e. The second kappa shape index (κ2) is 8.43. The molecule has 0 aliphatic carbocycles. The summed E-state index contributed by atoms with van der Waals surface area (Å²) in [5.41, 5.74) is 0.421. The van der Waals surface area contributed by atoms with Crippen LogP contribution in [0.4, 0.5) is 14.5 Å². The third-order valence-electron chi connectivity index (χ3n) is 3.19. The van der Waals surface area contributed by atoms with Crippen molar-refractivity contribution in [3.8, 4) is 5.75 Å². The predicted octanol–water partition coefficient (Wildman–Crippen LogP) is 3.09. The SMILES string of the molecule is CN(CC(=O)Nc1ccc(F)cc1)C(=O)COc1ccc(F)c(Cl)c1. The lowest BCUT2D eigenvalue weighted by atomic mass is 10.3. The van der Waals surface area contributed by atoms with Crippen molar-refractivity contribution < 1.29 is 23.1 Å². The van der Waals surface area contributed by atoms with E-state index < -0.39 is 23.4 Å². The average Bonchev–Trinajstić information content (AvgIpc) is 2.57. The summed E-state index contributed by atoms with van der Waals surface area (Å²) in [6.45, 7) is -0.536. The zero-order valence-corrected chi connectivity index (χ0v) is 14.0. The first kappa shape index (κ1) is 18.7. The number of carbonyl (C=O) groups excluding carboxylic acids is 2. The molecule has 0 atom stereocenters. The Hall–Kier alpha value is -2.67. The van der Waals surface area contributed by atoms with Crippen LogP contribution in [0.3, 0.4) is 0 Å². The van der Waals surface area contributed by atoms with Crippen LogP contribution in [0.15, 0.2) is 42.5 Å². The van der Waals surface area contributed by atoms with Crippen LogP contribution in [0.25, 0.3) is 0 Å². The summed E-state index contributed by atoms with van der Waals surface area (Å²) < 4.78 is 31.1. The number of ether oxygens (including phenoxy) is 1. The van der Waals surface area contributed by atoms with Gasteiger partial charge in [-0.25, -0.2) is 8.78 Å². The lowest BCUT2D eigenvalue weighted by molar-refractivity contribution is -0.135. The number of hydrogen-bond donors (Lipinski definition) is 1. The molecular formula is C17H15ClF2N2O3. The molecule has 0 saturated heterocycles. The number of likely N-dealkylation sites (N-methyl/N-ethyl adjacent to an activating group) is 1. The molecule has 0 bridgehead atoms. The van der Waals surface area contributed by atoms with E-state index in [1.165, 1.54) is 48.3 Å². The summed E-state index contributed by atoms with van der Waals surface area (Å²) in [7, 11) is 1.44. The Morgan fingerprint density at radius 3 is 2.48 bits per heavy atom. The predicted molar refractivity (Wildman–Crippen MR) is 89.6 cm³/mol. The fourth-order valence-electron chi connectivity index (χ4n) is 1.86. The molecule has 0 radical (unpaired) electrons. The number of nitrogens with zero attached hydrogens (tertiary/aromatic N) is 1. The Morgan fingerprint density at radius 1 is 1.16 bits per heavy atom. The highest BCUT2D eigenvalue weighted by atomic mass is 35.5. The third kappa shape index (κ3) is 5.72. The number of hydrogen-bond acceptors (Lipinski definition) is 3. The highest BCUT2D eigenvalue weighted by molar-refractivity contribution is 6.30. The molecule has 0 aromatic heterocycles. The molecule has 0 unspecified atom stereocenters. The Morgan fingerprint density at radius 2 is 1.84 bits per heavy atom. The van der Waals surface area contributed by atoms with E-state index in [1.54, 1.807) is 0 Å². The van der Waals surface area contributed by atoms with Gasteiger partial charge in [-0.05, 0) is 36.4 Å². The first-order valence-electron chi connectivity index (χ1n) is 7.22. The van der Waals surface area contributed by atoms with Crippen LogP contribution in [0, 0.1) is 11.6 Å². The molecule has 0 spiro atoms. The lowest BCUT2D eigenvalue weighted by Gasteiger charge is -2.17. The van der Waals surface area contributed by atoms with E-state index >= 15 is 0 Å². The van der Waals surface area contributed by atoms with Crippen molar-refractivity contribution in [2.24, 2.45) is 0 Å². The van der Waals surface area contributed by atoms with Gasteiger partial charge in [0, 0.05) is 18.8 Å². The van der Waals surface area contributed by atoms with Gasteiger partial charge in [0.25, 0.3) is 5.91 Å². The molecule has 2 aromatic carbocycles. The number of nitrogens with one attached hydrogen (secondary N) is 1. The van der Waals surface area contributed by atoms with Gasteiger partial charge in [0.15, 0.2) is 6.61 Å². The van der Waals surface area contributed by atoms with Gasteiger partial charge < -0.3 is 15.0 Å². The fraction of sp³-hybridized carbons (Fsp3) is 0.176. The molecule has 25 heavy (non-hydrogen) atoms. The summed E-state index contributed by atoms with van der Waals surface area (Å²) in [5, 5.41) is 2.43. The number of halogens is 3. The van der Waals surface area contributed by atoms with Crippen molar-refractivity contribution in [3.05, 3.63) is 59.1 Å². The maximum Gasteiger partial charge on any atom is 0.260 e. The van der Waals surface area contributed by atoms with Crippen molar-refractivity contribution in [1.29, 1.82) is 0 Å². The van der Waals surface area contributed by atoms with Crippen LogP contribution in [-0.4, -0.2) is 36.9 Å². The molecule has 0 aliphatic rings. The number of amides is 2. The van der Waals surface area contributed by atoms with Crippen molar-refractivity contribution in [1.82, 2.24) is 4.90 Å². The summed E-state index contributed by atoms with van der Waals surface area (Å²) >= 11 is 5.62. The first-order chi connectivity index (χ1) is 11.8. The molecule has 1 N–H and O–H groups in total. The summed E-state index contributed by atoms with van der Waals surface area (Å²) in [5.74, 6) is -1.65. The zero-order valence-electron chi connectivity index (χ0n) is 13.3. The number of rotatable bonds is 6. The van der Waals surface area contributed by atoms with Gasteiger partial charge in [-0.3, -0.25) is 9.59 Å². The first-order valence-corrected chi connectivity index (χ1v) is 7.60. The molecule has 5 nitrogen and oxygen atoms in total. The second-order valence-corrected chi connectivity index (χ2v) is 5.58. The quantitative estimate of drug-likeness (QED) is 0.852. The summed E-state index contributed by atoms with van der Waals surface area (Å²) in [6.07, 6.45) is 0. The standard InChI is InChI=1S/C17H15ClF2N2O3/c1-22(9-16(23)21-12-4-2-11(19)3-5-12)17(24)10-25-13-6-7-15(20)14(18)8-13/h2-8H,9-10H2,1H3,(H,21,23). The monoisotopic (exact) mass is 368 g/mol. The van der Waals surface area contributed by atoms with Gasteiger partial charge >= 0.3 is 0 Å². The number of anilines is 1. The van der Waals surface area contributed by atoms with Crippen LogP contribution in [0.5, 0.6) is 5.75 Å². The topological polar surface area (TPSA) is 58.6 Å². The highest BCUT2D eigenvalue weighted by Crippen LogP contribution is 2.21. The van der Waals surface area contributed by atoms with E-state index in [0.717, 1.165) is 6.07 Å². The van der Waals surface area contributed by atoms with Crippen LogP contribution < -0.4 is 10.1 Å².